The molecule has 0 fully saturated rings. The first-order chi connectivity index (χ1) is 6.16. The zero-order chi connectivity index (χ0) is 9.84. The van der Waals surface area contributed by atoms with Crippen LogP contribution < -0.4 is 5.73 Å². The summed E-state index contributed by atoms with van der Waals surface area (Å²) in [5.41, 5.74) is 5.93. The summed E-state index contributed by atoms with van der Waals surface area (Å²) in [5.74, 6) is -0.484. The Morgan fingerprint density at radius 2 is 2.23 bits per heavy atom. The van der Waals surface area contributed by atoms with Gasteiger partial charge in [0.25, 0.3) is 0 Å². The number of halogens is 1. The van der Waals surface area contributed by atoms with Crippen LogP contribution in [-0.4, -0.2) is 5.11 Å². The van der Waals surface area contributed by atoms with Gasteiger partial charge in [0.15, 0.2) is 0 Å². The van der Waals surface area contributed by atoms with Crippen molar-refractivity contribution in [1.82, 2.24) is 0 Å². The van der Waals surface area contributed by atoms with E-state index >= 15 is 0 Å². The number of phenolic OH excluding ortho intramolecular Hbond substituents is 1. The summed E-state index contributed by atoms with van der Waals surface area (Å²) in [6, 6.07) is 3.82. The van der Waals surface area contributed by atoms with Crippen molar-refractivity contribution in [1.29, 1.82) is 0 Å². The molecule has 3 N–H and O–H groups in total. The SMILES string of the molecule is CCC[C@H](N)c1c(O)cccc1F. The summed E-state index contributed by atoms with van der Waals surface area (Å²) in [6.45, 7) is 1.97. The molecule has 0 unspecified atom stereocenters. The van der Waals surface area contributed by atoms with Gasteiger partial charge >= 0.3 is 0 Å². The number of rotatable bonds is 3. The molecule has 0 aliphatic rings. The highest BCUT2D eigenvalue weighted by Crippen LogP contribution is 2.27. The molecular weight excluding hydrogens is 169 g/mol. The van der Waals surface area contributed by atoms with Gasteiger partial charge in [0.2, 0.25) is 0 Å². The molecular formula is C10H14FNO. The Balaban J connectivity index is 2.98. The summed E-state index contributed by atoms with van der Waals surface area (Å²) in [5, 5.41) is 9.37. The Kier molecular flexibility index (Phi) is 3.25. The van der Waals surface area contributed by atoms with Crippen molar-refractivity contribution in [2.75, 3.05) is 0 Å². The molecule has 0 aliphatic carbocycles. The van der Waals surface area contributed by atoms with E-state index in [1.54, 1.807) is 0 Å². The molecule has 1 aromatic carbocycles. The van der Waals surface area contributed by atoms with Crippen molar-refractivity contribution in [3.63, 3.8) is 0 Å². The molecule has 13 heavy (non-hydrogen) atoms. The van der Waals surface area contributed by atoms with Crippen molar-refractivity contribution in [3.05, 3.63) is 29.6 Å². The minimum atomic E-state index is -0.430. The van der Waals surface area contributed by atoms with Crippen molar-refractivity contribution >= 4 is 0 Å². The molecule has 0 aliphatic heterocycles. The molecule has 1 aromatic rings. The van der Waals surface area contributed by atoms with Crippen LogP contribution in [-0.2, 0) is 0 Å². The molecule has 0 radical (unpaired) electrons. The lowest BCUT2D eigenvalue weighted by molar-refractivity contribution is 0.444. The van der Waals surface area contributed by atoms with E-state index in [2.05, 4.69) is 0 Å². The Labute approximate surface area is 77.2 Å². The Morgan fingerprint density at radius 1 is 1.54 bits per heavy atom. The zero-order valence-electron chi connectivity index (χ0n) is 7.63. The second-order valence-electron chi connectivity index (χ2n) is 3.07. The highest BCUT2D eigenvalue weighted by molar-refractivity contribution is 5.35. The average molecular weight is 183 g/mol. The highest BCUT2D eigenvalue weighted by Gasteiger charge is 2.14. The van der Waals surface area contributed by atoms with Gasteiger partial charge in [-0.25, -0.2) is 4.39 Å². The summed E-state index contributed by atoms with van der Waals surface area (Å²) in [6.07, 6.45) is 1.55. The first-order valence-electron chi connectivity index (χ1n) is 4.39. The number of phenols is 1. The van der Waals surface area contributed by atoms with Crippen molar-refractivity contribution in [3.8, 4) is 5.75 Å². The maximum atomic E-state index is 13.2. The van der Waals surface area contributed by atoms with E-state index in [0.717, 1.165) is 6.42 Å². The lowest BCUT2D eigenvalue weighted by Gasteiger charge is -2.12. The molecule has 0 bridgehead atoms. The smallest absolute Gasteiger partial charge is 0.131 e. The van der Waals surface area contributed by atoms with E-state index in [1.807, 2.05) is 6.92 Å². The van der Waals surface area contributed by atoms with Crippen LogP contribution in [0.4, 0.5) is 4.39 Å². The van der Waals surface area contributed by atoms with Gasteiger partial charge in [0.1, 0.15) is 11.6 Å². The van der Waals surface area contributed by atoms with E-state index in [9.17, 15) is 9.50 Å². The molecule has 2 nitrogen and oxygen atoms in total. The Hall–Kier alpha value is -1.09. The number of benzene rings is 1. The van der Waals surface area contributed by atoms with Crippen molar-refractivity contribution in [2.24, 2.45) is 5.73 Å². The fourth-order valence-corrected chi connectivity index (χ4v) is 1.35. The van der Waals surface area contributed by atoms with Gasteiger partial charge in [0, 0.05) is 11.6 Å². The molecule has 1 atom stereocenters. The van der Waals surface area contributed by atoms with Gasteiger partial charge < -0.3 is 10.8 Å². The maximum Gasteiger partial charge on any atom is 0.131 e. The standard InChI is InChI=1S/C10H14FNO/c1-2-4-8(12)10-7(11)5-3-6-9(10)13/h3,5-6,8,13H,2,4,12H2,1H3/t8-/m0/s1. The van der Waals surface area contributed by atoms with Crippen LogP contribution in [0.25, 0.3) is 0 Å². The number of hydrogen-bond acceptors (Lipinski definition) is 2. The van der Waals surface area contributed by atoms with Crippen molar-refractivity contribution in [2.45, 2.75) is 25.8 Å². The van der Waals surface area contributed by atoms with Crippen LogP contribution in [0.1, 0.15) is 31.4 Å². The third-order valence-electron chi connectivity index (χ3n) is 2.00. The minimum Gasteiger partial charge on any atom is -0.508 e. The zero-order valence-corrected chi connectivity index (χ0v) is 7.63. The largest absolute Gasteiger partial charge is 0.508 e. The van der Waals surface area contributed by atoms with Crippen molar-refractivity contribution < 1.29 is 9.50 Å². The van der Waals surface area contributed by atoms with Crippen LogP contribution in [0, 0.1) is 5.82 Å². The fraction of sp³-hybridized carbons (Fsp3) is 0.400. The van der Waals surface area contributed by atoms with Crippen LogP contribution >= 0.6 is 0 Å². The second kappa shape index (κ2) is 4.23. The Bertz CT molecular complexity index is 268. The fourth-order valence-electron chi connectivity index (χ4n) is 1.35. The predicted octanol–water partition coefficient (Wildman–Crippen LogP) is 2.33. The monoisotopic (exact) mass is 183 g/mol. The molecule has 3 heteroatoms. The van der Waals surface area contributed by atoms with E-state index in [0.29, 0.717) is 6.42 Å². The molecule has 0 spiro atoms. The second-order valence-corrected chi connectivity index (χ2v) is 3.07. The first kappa shape index (κ1) is 9.99. The van der Waals surface area contributed by atoms with Gasteiger partial charge in [0.05, 0.1) is 0 Å². The molecule has 0 saturated carbocycles. The summed E-state index contributed by atoms with van der Waals surface area (Å²) >= 11 is 0. The predicted molar refractivity (Wildman–Crippen MR) is 49.9 cm³/mol. The van der Waals surface area contributed by atoms with Gasteiger partial charge in [-0.3, -0.25) is 0 Å². The molecule has 1 rings (SSSR count). The first-order valence-corrected chi connectivity index (χ1v) is 4.39. The lowest BCUT2D eigenvalue weighted by atomic mass is 10.0. The number of nitrogens with two attached hydrogens (primary N) is 1. The van der Waals surface area contributed by atoms with Gasteiger partial charge in [-0.2, -0.15) is 0 Å². The topological polar surface area (TPSA) is 46.2 Å². The van der Waals surface area contributed by atoms with Crippen LogP contribution in [0.3, 0.4) is 0 Å². The third kappa shape index (κ3) is 2.18. The van der Waals surface area contributed by atoms with Gasteiger partial charge in [-0.05, 0) is 18.6 Å². The quantitative estimate of drug-likeness (QED) is 0.755. The average Bonchev–Trinajstić information content (AvgIpc) is 2.04. The molecule has 0 heterocycles. The van der Waals surface area contributed by atoms with E-state index in [1.165, 1.54) is 18.2 Å². The van der Waals surface area contributed by atoms with Gasteiger partial charge in [-0.15, -0.1) is 0 Å². The van der Waals surface area contributed by atoms with Crippen LogP contribution in [0.15, 0.2) is 18.2 Å². The Morgan fingerprint density at radius 3 is 2.77 bits per heavy atom. The van der Waals surface area contributed by atoms with Crippen LogP contribution in [0.5, 0.6) is 5.75 Å². The van der Waals surface area contributed by atoms with E-state index in [-0.39, 0.29) is 11.3 Å². The minimum absolute atomic E-state index is 0.0547. The third-order valence-corrected chi connectivity index (χ3v) is 2.00. The summed E-state index contributed by atoms with van der Waals surface area (Å²) < 4.78 is 13.2. The number of hydrogen-bond donors (Lipinski definition) is 2. The number of aromatic hydroxyl groups is 1. The molecule has 0 aromatic heterocycles. The van der Waals surface area contributed by atoms with Crippen LogP contribution in [0.2, 0.25) is 0 Å². The molecule has 72 valence electrons. The van der Waals surface area contributed by atoms with E-state index in [4.69, 9.17) is 5.73 Å². The molecule has 0 amide bonds. The molecule has 0 saturated heterocycles. The van der Waals surface area contributed by atoms with Gasteiger partial charge in [-0.1, -0.05) is 19.4 Å². The highest BCUT2D eigenvalue weighted by atomic mass is 19.1. The van der Waals surface area contributed by atoms with E-state index < -0.39 is 11.9 Å². The summed E-state index contributed by atoms with van der Waals surface area (Å²) in [4.78, 5) is 0. The normalized spacial score (nSPS) is 12.8. The summed E-state index contributed by atoms with van der Waals surface area (Å²) in [7, 11) is 0. The maximum absolute atomic E-state index is 13.2. The lowest BCUT2D eigenvalue weighted by Crippen LogP contribution is -2.11.